The van der Waals surface area contributed by atoms with Crippen molar-refractivity contribution < 1.29 is 14.3 Å². The van der Waals surface area contributed by atoms with Crippen LogP contribution in [-0.4, -0.2) is 23.9 Å². The number of hydrazine groups is 1. The first kappa shape index (κ1) is 20.6. The summed E-state index contributed by atoms with van der Waals surface area (Å²) in [5.41, 5.74) is 4.01. The number of methoxy groups -OCH3 is 1. The van der Waals surface area contributed by atoms with E-state index in [-0.39, 0.29) is 11.8 Å². The SMILES string of the molecule is COc1ccc(CNC(=O)[C@@H]2c3ccccc3C(=O)N(N)[C@H]2c2ccc(C)cc2)cc1. The largest absolute Gasteiger partial charge is 0.497 e. The number of ether oxygens (including phenoxy) is 1. The summed E-state index contributed by atoms with van der Waals surface area (Å²) in [4.78, 5) is 26.4. The molecular formula is C25H25N3O3. The normalized spacial score (nSPS) is 17.8. The van der Waals surface area contributed by atoms with Crippen molar-refractivity contribution in [1.29, 1.82) is 0 Å². The van der Waals surface area contributed by atoms with Crippen molar-refractivity contribution in [2.75, 3.05) is 7.11 Å². The number of nitrogens with one attached hydrogen (secondary N) is 1. The first-order valence-electron chi connectivity index (χ1n) is 10.1. The number of benzene rings is 3. The summed E-state index contributed by atoms with van der Waals surface area (Å²) < 4.78 is 5.18. The molecule has 0 fully saturated rings. The third-order valence-corrected chi connectivity index (χ3v) is 5.70. The molecule has 0 aliphatic carbocycles. The van der Waals surface area contributed by atoms with Gasteiger partial charge in [-0.25, -0.2) is 5.84 Å². The highest BCUT2D eigenvalue weighted by atomic mass is 16.5. The van der Waals surface area contributed by atoms with Crippen molar-refractivity contribution in [3.8, 4) is 5.75 Å². The fourth-order valence-corrected chi connectivity index (χ4v) is 4.00. The highest BCUT2D eigenvalue weighted by Crippen LogP contribution is 2.41. The zero-order chi connectivity index (χ0) is 22.0. The standard InChI is InChI=1S/C25H25N3O3/c1-16-7-11-18(12-8-16)23-22(20-5-3-4-6-21(20)25(30)28(23)26)24(29)27-15-17-9-13-19(31-2)14-10-17/h3-14,22-23H,15,26H2,1-2H3,(H,27,29)/t22-,23+/m1/s1. The number of carbonyl (C=O) groups is 2. The summed E-state index contributed by atoms with van der Waals surface area (Å²) in [6.07, 6.45) is 0. The molecule has 0 saturated heterocycles. The van der Waals surface area contributed by atoms with Gasteiger partial charge in [0, 0.05) is 12.1 Å². The molecule has 2 atom stereocenters. The molecule has 0 radical (unpaired) electrons. The molecule has 3 aromatic rings. The third-order valence-electron chi connectivity index (χ3n) is 5.70. The molecular weight excluding hydrogens is 390 g/mol. The number of rotatable bonds is 5. The lowest BCUT2D eigenvalue weighted by Gasteiger charge is -2.39. The van der Waals surface area contributed by atoms with Gasteiger partial charge in [-0.05, 0) is 41.8 Å². The summed E-state index contributed by atoms with van der Waals surface area (Å²) in [7, 11) is 1.61. The Kier molecular flexibility index (Phi) is 5.73. The van der Waals surface area contributed by atoms with Gasteiger partial charge in [0.15, 0.2) is 0 Å². The number of fused-ring (bicyclic) bond motifs is 1. The fraction of sp³-hybridized carbons (Fsp3) is 0.200. The molecule has 4 rings (SSSR count). The van der Waals surface area contributed by atoms with Crippen molar-refractivity contribution in [3.63, 3.8) is 0 Å². The number of nitrogens with zero attached hydrogens (tertiary/aromatic N) is 1. The highest BCUT2D eigenvalue weighted by Gasteiger charge is 2.43. The quantitative estimate of drug-likeness (QED) is 0.494. The monoisotopic (exact) mass is 415 g/mol. The van der Waals surface area contributed by atoms with Crippen molar-refractivity contribution in [2.45, 2.75) is 25.4 Å². The first-order valence-corrected chi connectivity index (χ1v) is 10.1. The molecule has 0 aromatic heterocycles. The Hall–Kier alpha value is -3.64. The van der Waals surface area contributed by atoms with Crippen LogP contribution in [0, 0.1) is 6.92 Å². The number of nitrogens with two attached hydrogens (primary N) is 1. The van der Waals surface area contributed by atoms with E-state index < -0.39 is 12.0 Å². The predicted octanol–water partition coefficient (Wildman–Crippen LogP) is 3.47. The van der Waals surface area contributed by atoms with Gasteiger partial charge in [0.25, 0.3) is 5.91 Å². The van der Waals surface area contributed by atoms with Gasteiger partial charge in [0.1, 0.15) is 5.75 Å². The number of aryl methyl sites for hydroxylation is 1. The number of amides is 2. The minimum atomic E-state index is -0.625. The van der Waals surface area contributed by atoms with Crippen LogP contribution in [0.4, 0.5) is 0 Å². The van der Waals surface area contributed by atoms with Crippen LogP contribution >= 0.6 is 0 Å². The maximum absolute atomic E-state index is 13.4. The maximum atomic E-state index is 13.4. The number of carbonyl (C=O) groups excluding carboxylic acids is 2. The smallest absolute Gasteiger partial charge is 0.268 e. The van der Waals surface area contributed by atoms with Crippen LogP contribution < -0.4 is 15.9 Å². The Balaban J connectivity index is 1.67. The van der Waals surface area contributed by atoms with Gasteiger partial charge in [0.2, 0.25) is 5.91 Å². The third kappa shape index (κ3) is 4.02. The Morgan fingerprint density at radius 1 is 1.03 bits per heavy atom. The van der Waals surface area contributed by atoms with Crippen molar-refractivity contribution >= 4 is 11.8 Å². The van der Waals surface area contributed by atoms with Gasteiger partial charge in [-0.2, -0.15) is 0 Å². The molecule has 0 unspecified atom stereocenters. The summed E-state index contributed by atoms with van der Waals surface area (Å²) in [6.45, 7) is 2.35. The average molecular weight is 415 g/mol. The second-order valence-electron chi connectivity index (χ2n) is 7.70. The van der Waals surface area contributed by atoms with Gasteiger partial charge in [0.05, 0.1) is 19.1 Å². The number of hydrogen-bond donors (Lipinski definition) is 2. The van der Waals surface area contributed by atoms with E-state index in [1.165, 1.54) is 5.01 Å². The van der Waals surface area contributed by atoms with Gasteiger partial charge in [-0.15, -0.1) is 0 Å². The number of hydrogen-bond acceptors (Lipinski definition) is 4. The summed E-state index contributed by atoms with van der Waals surface area (Å²) >= 11 is 0. The van der Waals surface area contributed by atoms with Crippen molar-refractivity contribution in [3.05, 3.63) is 101 Å². The molecule has 0 saturated carbocycles. The fourth-order valence-electron chi connectivity index (χ4n) is 4.00. The first-order chi connectivity index (χ1) is 15.0. The molecule has 2 amide bonds. The van der Waals surface area contributed by atoms with Crippen LogP contribution in [0.15, 0.2) is 72.8 Å². The van der Waals surface area contributed by atoms with Gasteiger partial charge >= 0.3 is 0 Å². The Bertz CT molecular complexity index is 1090. The minimum Gasteiger partial charge on any atom is -0.497 e. The highest BCUT2D eigenvalue weighted by molar-refractivity contribution is 6.01. The summed E-state index contributed by atoms with van der Waals surface area (Å²) in [5.74, 6) is 5.92. The summed E-state index contributed by atoms with van der Waals surface area (Å²) in [5, 5.41) is 4.21. The minimum absolute atomic E-state index is 0.184. The molecule has 0 spiro atoms. The zero-order valence-corrected chi connectivity index (χ0v) is 17.5. The van der Waals surface area contributed by atoms with Crippen LogP contribution in [-0.2, 0) is 11.3 Å². The second kappa shape index (κ2) is 8.62. The topological polar surface area (TPSA) is 84.7 Å². The maximum Gasteiger partial charge on any atom is 0.268 e. The van der Waals surface area contributed by atoms with E-state index >= 15 is 0 Å². The molecule has 31 heavy (non-hydrogen) atoms. The summed E-state index contributed by atoms with van der Waals surface area (Å²) in [6, 6.07) is 21.9. The van der Waals surface area contributed by atoms with Crippen LogP contribution in [0.25, 0.3) is 0 Å². The van der Waals surface area contributed by atoms with Gasteiger partial charge < -0.3 is 10.1 Å². The van der Waals surface area contributed by atoms with E-state index in [0.717, 1.165) is 22.4 Å². The molecule has 0 bridgehead atoms. The molecule has 6 heteroatoms. The van der Waals surface area contributed by atoms with Crippen molar-refractivity contribution in [2.24, 2.45) is 5.84 Å². The van der Waals surface area contributed by atoms with Crippen LogP contribution in [0.3, 0.4) is 0 Å². The van der Waals surface area contributed by atoms with E-state index in [0.29, 0.717) is 17.7 Å². The second-order valence-corrected chi connectivity index (χ2v) is 7.70. The lowest BCUT2D eigenvalue weighted by molar-refractivity contribution is -0.124. The van der Waals surface area contributed by atoms with Crippen LogP contribution in [0.5, 0.6) is 5.75 Å². The van der Waals surface area contributed by atoms with E-state index in [1.54, 1.807) is 19.2 Å². The molecule has 3 N–H and O–H groups in total. The van der Waals surface area contributed by atoms with E-state index in [1.807, 2.05) is 67.6 Å². The molecule has 6 nitrogen and oxygen atoms in total. The molecule has 1 heterocycles. The van der Waals surface area contributed by atoms with Crippen LogP contribution in [0.1, 0.15) is 44.6 Å². The van der Waals surface area contributed by atoms with Gasteiger partial charge in [-0.3, -0.25) is 14.6 Å². The molecule has 158 valence electrons. The van der Waals surface area contributed by atoms with Crippen LogP contribution in [0.2, 0.25) is 0 Å². The molecule has 3 aromatic carbocycles. The Labute approximate surface area is 181 Å². The molecule has 1 aliphatic rings. The predicted molar refractivity (Wildman–Crippen MR) is 118 cm³/mol. The zero-order valence-electron chi connectivity index (χ0n) is 17.5. The van der Waals surface area contributed by atoms with Crippen molar-refractivity contribution in [1.82, 2.24) is 10.3 Å². The van der Waals surface area contributed by atoms with E-state index in [4.69, 9.17) is 10.6 Å². The lowest BCUT2D eigenvalue weighted by atomic mass is 9.80. The molecule has 1 aliphatic heterocycles. The van der Waals surface area contributed by atoms with Gasteiger partial charge in [-0.1, -0.05) is 60.2 Å². The van der Waals surface area contributed by atoms with E-state index in [9.17, 15) is 9.59 Å². The van der Waals surface area contributed by atoms with E-state index in [2.05, 4.69) is 5.32 Å². The average Bonchev–Trinajstić information content (AvgIpc) is 2.80. The lowest BCUT2D eigenvalue weighted by Crippen LogP contribution is -2.50. The Morgan fingerprint density at radius 3 is 2.39 bits per heavy atom. The Morgan fingerprint density at radius 2 is 1.71 bits per heavy atom.